The van der Waals surface area contributed by atoms with Gasteiger partial charge in [-0.25, -0.2) is 4.39 Å². The molecule has 9 heteroatoms. The summed E-state index contributed by atoms with van der Waals surface area (Å²) in [6.07, 6.45) is -3.33. The van der Waals surface area contributed by atoms with Crippen LogP contribution in [0.1, 0.15) is 28.8 Å². The molecule has 0 aromatic heterocycles. The fourth-order valence-corrected chi connectivity index (χ4v) is 2.92. The van der Waals surface area contributed by atoms with Crippen LogP contribution in [-0.2, 0) is 10.9 Å². The Balaban J connectivity index is 0.00000312. The second-order valence-corrected chi connectivity index (χ2v) is 6.03. The van der Waals surface area contributed by atoms with Crippen molar-refractivity contribution in [1.29, 1.82) is 0 Å². The molecule has 0 radical (unpaired) electrons. The number of hydrogen-bond acceptors (Lipinski definition) is 3. The SMILES string of the molecule is COCC1(CNC(=O)c2cccc(C(F)(F)F)c2F)CCNCC1.Cl. The van der Waals surface area contributed by atoms with Crippen LogP contribution in [0.3, 0.4) is 0 Å². The Kier molecular flexibility index (Phi) is 7.64. The van der Waals surface area contributed by atoms with Gasteiger partial charge in [0.15, 0.2) is 0 Å². The normalized spacial score (nSPS) is 16.8. The van der Waals surface area contributed by atoms with Crippen LogP contribution in [0.15, 0.2) is 18.2 Å². The van der Waals surface area contributed by atoms with Crippen LogP contribution >= 0.6 is 12.4 Å². The lowest BCUT2D eigenvalue weighted by atomic mass is 9.79. The van der Waals surface area contributed by atoms with E-state index >= 15 is 0 Å². The van der Waals surface area contributed by atoms with E-state index in [0.717, 1.165) is 38.1 Å². The van der Waals surface area contributed by atoms with Gasteiger partial charge in [-0.2, -0.15) is 13.2 Å². The molecule has 1 fully saturated rings. The molecule has 2 N–H and O–H groups in total. The van der Waals surface area contributed by atoms with Gasteiger partial charge in [-0.1, -0.05) is 6.07 Å². The number of amides is 1. The van der Waals surface area contributed by atoms with Crippen LogP contribution in [0.4, 0.5) is 17.6 Å². The molecule has 1 heterocycles. The third-order valence-corrected chi connectivity index (χ3v) is 4.29. The average Bonchev–Trinajstić information content (AvgIpc) is 2.53. The molecule has 0 spiro atoms. The molecule has 0 atom stereocenters. The van der Waals surface area contributed by atoms with Crippen molar-refractivity contribution in [3.63, 3.8) is 0 Å². The predicted molar refractivity (Wildman–Crippen MR) is 87.4 cm³/mol. The lowest BCUT2D eigenvalue weighted by Gasteiger charge is -2.37. The Morgan fingerprint density at radius 1 is 1.32 bits per heavy atom. The minimum atomic E-state index is -4.84. The molecule has 1 aliphatic heterocycles. The summed E-state index contributed by atoms with van der Waals surface area (Å²) in [4.78, 5) is 12.2. The van der Waals surface area contributed by atoms with Crippen LogP contribution in [0.2, 0.25) is 0 Å². The first kappa shape index (κ1) is 21.7. The smallest absolute Gasteiger partial charge is 0.384 e. The standard InChI is InChI=1S/C16H20F4N2O2.ClH/c1-24-10-15(5-7-21-8-6-15)9-22-14(23)11-3-2-4-12(13(11)17)16(18,19)20;/h2-4,21H,5-10H2,1H3,(H,22,23);1H. The van der Waals surface area contributed by atoms with Gasteiger partial charge in [0.2, 0.25) is 0 Å². The van der Waals surface area contributed by atoms with Gasteiger partial charge in [-0.15, -0.1) is 12.4 Å². The second kappa shape index (κ2) is 8.82. The van der Waals surface area contributed by atoms with E-state index in [4.69, 9.17) is 4.74 Å². The Labute approximate surface area is 149 Å². The van der Waals surface area contributed by atoms with Crippen LogP contribution in [0, 0.1) is 11.2 Å². The zero-order valence-electron chi connectivity index (χ0n) is 13.7. The van der Waals surface area contributed by atoms with Gasteiger partial charge in [0.05, 0.1) is 17.7 Å². The number of piperidine rings is 1. The zero-order chi connectivity index (χ0) is 17.8. The third-order valence-electron chi connectivity index (χ3n) is 4.29. The lowest BCUT2D eigenvalue weighted by molar-refractivity contribution is -0.140. The second-order valence-electron chi connectivity index (χ2n) is 6.03. The molecule has 1 aliphatic rings. The molecular weight excluding hydrogens is 364 g/mol. The minimum absolute atomic E-state index is 0. The van der Waals surface area contributed by atoms with Crippen molar-refractivity contribution in [3.05, 3.63) is 35.1 Å². The molecule has 1 amide bonds. The molecule has 25 heavy (non-hydrogen) atoms. The zero-order valence-corrected chi connectivity index (χ0v) is 14.5. The van der Waals surface area contributed by atoms with Crippen molar-refractivity contribution in [1.82, 2.24) is 10.6 Å². The summed E-state index contributed by atoms with van der Waals surface area (Å²) in [5.74, 6) is -2.40. The van der Waals surface area contributed by atoms with Gasteiger partial charge in [-0.05, 0) is 38.1 Å². The third kappa shape index (κ3) is 5.29. The number of rotatable bonds is 5. The highest BCUT2D eigenvalue weighted by atomic mass is 35.5. The Hall–Kier alpha value is -1.38. The average molecular weight is 385 g/mol. The Bertz CT molecular complexity index is 584. The van der Waals surface area contributed by atoms with Crippen LogP contribution < -0.4 is 10.6 Å². The fourth-order valence-electron chi connectivity index (χ4n) is 2.92. The summed E-state index contributed by atoms with van der Waals surface area (Å²) < 4.78 is 57.4. The molecule has 142 valence electrons. The number of alkyl halides is 3. The van der Waals surface area contributed by atoms with Crippen LogP contribution in [-0.4, -0.2) is 39.3 Å². The summed E-state index contributed by atoms with van der Waals surface area (Å²) >= 11 is 0. The van der Waals surface area contributed by atoms with E-state index in [0.29, 0.717) is 12.7 Å². The first-order chi connectivity index (χ1) is 11.3. The predicted octanol–water partition coefficient (Wildman–Crippen LogP) is 3.01. The van der Waals surface area contributed by atoms with Crippen molar-refractivity contribution >= 4 is 18.3 Å². The van der Waals surface area contributed by atoms with Crippen molar-refractivity contribution in [2.75, 3.05) is 33.4 Å². The first-order valence-corrected chi connectivity index (χ1v) is 7.63. The number of nitrogens with one attached hydrogen (secondary N) is 2. The van der Waals surface area contributed by atoms with Gasteiger partial charge < -0.3 is 15.4 Å². The van der Waals surface area contributed by atoms with E-state index in [1.807, 2.05) is 0 Å². The number of ether oxygens (including phenoxy) is 1. The molecule has 1 saturated heterocycles. The summed E-state index contributed by atoms with van der Waals surface area (Å²) in [6, 6.07) is 2.69. The number of benzene rings is 1. The largest absolute Gasteiger partial charge is 0.419 e. The van der Waals surface area contributed by atoms with E-state index < -0.39 is 29.0 Å². The molecule has 0 unspecified atom stereocenters. The molecule has 1 aromatic rings. The highest BCUT2D eigenvalue weighted by Crippen LogP contribution is 2.32. The lowest BCUT2D eigenvalue weighted by Crippen LogP contribution is -2.47. The summed E-state index contributed by atoms with van der Waals surface area (Å²) in [5.41, 5.74) is -2.34. The van der Waals surface area contributed by atoms with Crippen molar-refractivity contribution in [3.8, 4) is 0 Å². The van der Waals surface area contributed by atoms with Gasteiger partial charge in [0.25, 0.3) is 5.91 Å². The maximum Gasteiger partial charge on any atom is 0.419 e. The summed E-state index contributed by atoms with van der Waals surface area (Å²) in [7, 11) is 1.55. The Morgan fingerprint density at radius 3 is 2.52 bits per heavy atom. The number of carbonyl (C=O) groups excluding carboxylic acids is 1. The first-order valence-electron chi connectivity index (χ1n) is 7.63. The maximum atomic E-state index is 14.0. The monoisotopic (exact) mass is 384 g/mol. The molecule has 0 aliphatic carbocycles. The maximum absolute atomic E-state index is 14.0. The summed E-state index contributed by atoms with van der Waals surface area (Å²) in [5, 5.41) is 5.76. The van der Waals surface area contributed by atoms with Gasteiger partial charge in [-0.3, -0.25) is 4.79 Å². The number of carbonyl (C=O) groups is 1. The quantitative estimate of drug-likeness (QED) is 0.767. The highest BCUT2D eigenvalue weighted by molar-refractivity contribution is 5.94. The van der Waals surface area contributed by atoms with Crippen LogP contribution in [0.25, 0.3) is 0 Å². The van der Waals surface area contributed by atoms with Gasteiger partial charge in [0.1, 0.15) is 5.82 Å². The van der Waals surface area contributed by atoms with E-state index in [1.54, 1.807) is 7.11 Å². The van der Waals surface area contributed by atoms with Gasteiger partial charge in [0, 0.05) is 19.1 Å². The van der Waals surface area contributed by atoms with Gasteiger partial charge >= 0.3 is 6.18 Å². The highest BCUT2D eigenvalue weighted by Gasteiger charge is 2.36. The molecule has 4 nitrogen and oxygen atoms in total. The molecule has 0 saturated carbocycles. The van der Waals surface area contributed by atoms with E-state index in [2.05, 4.69) is 10.6 Å². The Morgan fingerprint density at radius 2 is 1.96 bits per heavy atom. The van der Waals surface area contributed by atoms with Crippen molar-refractivity contribution in [2.24, 2.45) is 5.41 Å². The van der Waals surface area contributed by atoms with E-state index in [1.165, 1.54) is 0 Å². The topological polar surface area (TPSA) is 50.4 Å². The van der Waals surface area contributed by atoms with Crippen molar-refractivity contribution in [2.45, 2.75) is 19.0 Å². The minimum Gasteiger partial charge on any atom is -0.384 e. The van der Waals surface area contributed by atoms with E-state index in [9.17, 15) is 22.4 Å². The molecule has 1 aromatic carbocycles. The van der Waals surface area contributed by atoms with Crippen molar-refractivity contribution < 1.29 is 27.1 Å². The molecule has 0 bridgehead atoms. The fraction of sp³-hybridized carbons (Fsp3) is 0.562. The van der Waals surface area contributed by atoms with E-state index in [-0.39, 0.29) is 24.4 Å². The number of methoxy groups -OCH3 is 1. The summed E-state index contributed by atoms with van der Waals surface area (Å²) in [6.45, 7) is 2.16. The number of hydrogen-bond donors (Lipinski definition) is 2. The molecular formula is C16H21ClF4N2O2. The molecule has 2 rings (SSSR count). The van der Waals surface area contributed by atoms with Crippen LogP contribution in [0.5, 0.6) is 0 Å². The number of halogens is 5.